The summed E-state index contributed by atoms with van der Waals surface area (Å²) in [5.41, 5.74) is 20.2. The predicted octanol–water partition coefficient (Wildman–Crippen LogP) is 16.1. The van der Waals surface area contributed by atoms with Gasteiger partial charge < -0.3 is 14.2 Å². The summed E-state index contributed by atoms with van der Waals surface area (Å²) in [6, 6.07) is 87.4. The number of aromatic nitrogens is 1. The maximum atomic E-state index is 2.58. The molecule has 2 aliphatic carbocycles. The summed E-state index contributed by atoms with van der Waals surface area (Å²) < 4.78 is 2.58. The highest BCUT2D eigenvalue weighted by molar-refractivity contribution is 6.26. The van der Waals surface area contributed by atoms with Crippen molar-refractivity contribution in [1.82, 2.24) is 4.40 Å². The van der Waals surface area contributed by atoms with Crippen molar-refractivity contribution in [3.8, 4) is 22.3 Å². The van der Waals surface area contributed by atoms with Crippen molar-refractivity contribution in [2.75, 3.05) is 9.80 Å². The summed E-state index contributed by atoms with van der Waals surface area (Å²) in [6.07, 6.45) is 0. The van der Waals surface area contributed by atoms with Crippen LogP contribution in [0.1, 0.15) is 22.3 Å². The molecule has 10 aromatic carbocycles. The molecule has 2 aromatic heterocycles. The minimum Gasteiger partial charge on any atom is -0.310 e. The number of hydrogen-bond donors (Lipinski definition) is 0. The highest BCUT2D eigenvalue weighted by atomic mass is 15.1. The molecule has 0 unspecified atom stereocenters. The van der Waals surface area contributed by atoms with E-state index in [1.165, 1.54) is 82.6 Å². The molecule has 0 atom stereocenters. The van der Waals surface area contributed by atoms with Crippen LogP contribution in [0, 0.1) is 0 Å². The van der Waals surface area contributed by atoms with Gasteiger partial charge in [0.15, 0.2) is 0 Å². The molecule has 0 amide bonds. The van der Waals surface area contributed by atoms with E-state index in [2.05, 4.69) is 251 Å². The zero-order chi connectivity index (χ0) is 41.9. The van der Waals surface area contributed by atoms with Crippen molar-refractivity contribution < 1.29 is 0 Å². The number of anilines is 6. The van der Waals surface area contributed by atoms with E-state index in [1.54, 1.807) is 0 Å². The predicted molar refractivity (Wildman–Crippen MR) is 267 cm³/mol. The van der Waals surface area contributed by atoms with Crippen LogP contribution >= 0.6 is 0 Å². The van der Waals surface area contributed by atoms with Crippen LogP contribution in [0.15, 0.2) is 237 Å². The van der Waals surface area contributed by atoms with Crippen molar-refractivity contribution >= 4 is 72.2 Å². The first-order chi connectivity index (χ1) is 31.8. The van der Waals surface area contributed by atoms with Crippen LogP contribution in [0.2, 0.25) is 0 Å². The van der Waals surface area contributed by atoms with Crippen molar-refractivity contribution in [1.29, 1.82) is 0 Å². The third-order valence-corrected chi connectivity index (χ3v) is 14.1. The summed E-state index contributed by atoms with van der Waals surface area (Å²) in [7, 11) is 0. The van der Waals surface area contributed by atoms with Crippen LogP contribution in [-0.2, 0) is 5.41 Å². The maximum Gasteiger partial charge on any atom is 0.0727 e. The minimum absolute atomic E-state index is 0.632. The van der Waals surface area contributed by atoms with Gasteiger partial charge in [0, 0.05) is 61.2 Å². The Kier molecular flexibility index (Phi) is 7.32. The Morgan fingerprint density at radius 2 is 0.734 bits per heavy atom. The molecule has 3 nitrogen and oxygen atoms in total. The second-order valence-corrected chi connectivity index (χ2v) is 17.2. The molecule has 2 aliphatic rings. The average molecular weight is 814 g/mol. The molecule has 1 spiro atoms. The Morgan fingerprint density at radius 1 is 0.281 bits per heavy atom. The van der Waals surface area contributed by atoms with Crippen LogP contribution in [-0.4, -0.2) is 4.40 Å². The van der Waals surface area contributed by atoms with E-state index in [0.29, 0.717) is 0 Å². The van der Waals surface area contributed by atoms with E-state index in [4.69, 9.17) is 0 Å². The number of nitrogens with zero attached hydrogens (tertiary/aromatic N) is 3. The average Bonchev–Trinajstić information content (AvgIpc) is 4.07. The van der Waals surface area contributed by atoms with Gasteiger partial charge >= 0.3 is 0 Å². The molecule has 0 bridgehead atoms. The summed E-state index contributed by atoms with van der Waals surface area (Å²) >= 11 is 0. The molecule has 298 valence electrons. The fraction of sp³-hybridized carbons (Fsp3) is 0.0164. The molecule has 64 heavy (non-hydrogen) atoms. The fourth-order valence-electron chi connectivity index (χ4n) is 11.6. The molecular formula is C61H39N3. The van der Waals surface area contributed by atoms with Crippen LogP contribution in [0.3, 0.4) is 0 Å². The first-order valence-corrected chi connectivity index (χ1v) is 22.2. The Balaban J connectivity index is 1.12. The molecule has 0 aliphatic heterocycles. The minimum atomic E-state index is -0.632. The van der Waals surface area contributed by atoms with Gasteiger partial charge in [-0.15, -0.1) is 0 Å². The van der Waals surface area contributed by atoms with Crippen molar-refractivity contribution in [3.63, 3.8) is 0 Å². The fourth-order valence-corrected chi connectivity index (χ4v) is 11.6. The van der Waals surface area contributed by atoms with Gasteiger partial charge in [-0.1, -0.05) is 158 Å². The molecule has 14 rings (SSSR count). The van der Waals surface area contributed by atoms with Crippen LogP contribution in [0.25, 0.3) is 60.3 Å². The zero-order valence-electron chi connectivity index (χ0n) is 34.9. The van der Waals surface area contributed by atoms with Crippen molar-refractivity contribution in [2.45, 2.75) is 5.41 Å². The maximum absolute atomic E-state index is 2.58. The number of rotatable bonds is 6. The van der Waals surface area contributed by atoms with Gasteiger partial charge in [0.25, 0.3) is 0 Å². The van der Waals surface area contributed by atoms with Gasteiger partial charge in [0.1, 0.15) is 0 Å². The third kappa shape index (κ3) is 4.65. The van der Waals surface area contributed by atoms with Gasteiger partial charge in [-0.2, -0.15) is 0 Å². The molecule has 12 aromatic rings. The lowest BCUT2D eigenvalue weighted by Crippen LogP contribution is -2.26. The van der Waals surface area contributed by atoms with E-state index in [9.17, 15) is 0 Å². The molecule has 2 heterocycles. The molecule has 0 fully saturated rings. The number of hydrogen-bond acceptors (Lipinski definition) is 2. The van der Waals surface area contributed by atoms with E-state index in [1.807, 2.05) is 0 Å². The number of para-hydroxylation sites is 6. The van der Waals surface area contributed by atoms with E-state index < -0.39 is 5.41 Å². The SMILES string of the molecule is c1ccc(N(c2ccccc2)c2ccc3c(c2)C2(c4cc(N(c5ccccc5)c5ccccc5)ccc4-3)c3ccccc3-c3c2ccc2c4cccc5c6ccccc6n(c32)c54)cc1. The Labute approximate surface area is 371 Å². The standard InChI is InChI=1S/C61H39N3/c1-5-18-40(19-6-1)62(41-20-7-2-8-21-41)44-32-34-46-47-35-33-45(63(42-22-9-3-10-23-42)43-24-11-4-12-25-43)39-56(47)61(55(46)38-44)53-30-15-13-27-52(53)58-54(61)37-36-51-50-29-17-28-49-48-26-14-16-31-57(48)64(59(49)50)60(51)58/h1-39H. The molecule has 0 saturated heterocycles. The topological polar surface area (TPSA) is 10.9 Å². The number of fused-ring (bicyclic) bond motifs is 17. The van der Waals surface area contributed by atoms with Crippen molar-refractivity contribution in [3.05, 3.63) is 259 Å². The van der Waals surface area contributed by atoms with Crippen molar-refractivity contribution in [2.24, 2.45) is 0 Å². The third-order valence-electron chi connectivity index (χ3n) is 14.1. The van der Waals surface area contributed by atoms with Gasteiger partial charge in [0.05, 0.1) is 22.0 Å². The lowest BCUT2D eigenvalue weighted by atomic mass is 9.70. The summed E-state index contributed by atoms with van der Waals surface area (Å²) in [5.74, 6) is 0. The first kappa shape index (κ1) is 35.2. The highest BCUT2D eigenvalue weighted by Gasteiger charge is 2.53. The molecule has 0 N–H and O–H groups in total. The van der Waals surface area contributed by atoms with E-state index >= 15 is 0 Å². The quantitative estimate of drug-likeness (QED) is 0.166. The molecule has 0 radical (unpaired) electrons. The smallest absolute Gasteiger partial charge is 0.0727 e. The largest absolute Gasteiger partial charge is 0.310 e. The molecule has 3 heteroatoms. The highest BCUT2D eigenvalue weighted by Crippen LogP contribution is 2.65. The molecule has 0 saturated carbocycles. The summed E-state index contributed by atoms with van der Waals surface area (Å²) in [5, 5.41) is 5.17. The van der Waals surface area contributed by atoms with Crippen LogP contribution in [0.4, 0.5) is 34.1 Å². The Bertz CT molecular complexity index is 3570. The summed E-state index contributed by atoms with van der Waals surface area (Å²) in [4.78, 5) is 4.80. The zero-order valence-corrected chi connectivity index (χ0v) is 34.9. The second kappa shape index (κ2) is 13.3. The lowest BCUT2D eigenvalue weighted by molar-refractivity contribution is 0.794. The van der Waals surface area contributed by atoms with Gasteiger partial charge in [0.2, 0.25) is 0 Å². The first-order valence-electron chi connectivity index (χ1n) is 22.2. The second-order valence-electron chi connectivity index (χ2n) is 17.2. The summed E-state index contributed by atoms with van der Waals surface area (Å²) in [6.45, 7) is 0. The van der Waals surface area contributed by atoms with Crippen LogP contribution < -0.4 is 9.80 Å². The van der Waals surface area contributed by atoms with Gasteiger partial charge in [-0.05, 0) is 118 Å². The molecular weight excluding hydrogens is 775 g/mol. The van der Waals surface area contributed by atoms with Gasteiger partial charge in [-0.25, -0.2) is 0 Å². The number of benzene rings is 10. The lowest BCUT2D eigenvalue weighted by Gasteiger charge is -2.33. The van der Waals surface area contributed by atoms with Crippen LogP contribution in [0.5, 0.6) is 0 Å². The van der Waals surface area contributed by atoms with E-state index in [-0.39, 0.29) is 0 Å². The van der Waals surface area contributed by atoms with Gasteiger partial charge in [-0.3, -0.25) is 0 Å². The van der Waals surface area contributed by atoms with E-state index in [0.717, 1.165) is 34.1 Å². The monoisotopic (exact) mass is 813 g/mol. The normalized spacial score (nSPS) is 13.1. The Hall–Kier alpha value is -8.40. The Morgan fingerprint density at radius 3 is 1.30 bits per heavy atom.